The summed E-state index contributed by atoms with van der Waals surface area (Å²) in [5.41, 5.74) is 1.79. The van der Waals surface area contributed by atoms with E-state index in [9.17, 15) is 4.79 Å². The van der Waals surface area contributed by atoms with Gasteiger partial charge in [-0.2, -0.15) is 0 Å². The van der Waals surface area contributed by atoms with Crippen molar-refractivity contribution in [3.63, 3.8) is 0 Å². The Labute approximate surface area is 129 Å². The smallest absolute Gasteiger partial charge is 0.251 e. The highest BCUT2D eigenvalue weighted by molar-refractivity contribution is 5.94. The molecular formula is C16H21N5O. The summed E-state index contributed by atoms with van der Waals surface area (Å²) in [7, 11) is 0. The van der Waals surface area contributed by atoms with Crippen molar-refractivity contribution in [3.8, 4) is 0 Å². The van der Waals surface area contributed by atoms with Gasteiger partial charge in [0, 0.05) is 5.56 Å². The Morgan fingerprint density at radius 2 is 1.95 bits per heavy atom. The Kier molecular flexibility index (Phi) is 4.46. The van der Waals surface area contributed by atoms with Crippen molar-refractivity contribution in [1.29, 1.82) is 0 Å². The molecule has 1 aliphatic rings. The van der Waals surface area contributed by atoms with Gasteiger partial charge in [0.1, 0.15) is 0 Å². The van der Waals surface area contributed by atoms with E-state index in [0.29, 0.717) is 18.2 Å². The van der Waals surface area contributed by atoms with Gasteiger partial charge in [-0.05, 0) is 42.3 Å². The molecule has 2 aromatic rings. The minimum atomic E-state index is -0.0989. The van der Waals surface area contributed by atoms with E-state index in [0.717, 1.165) is 24.2 Å². The van der Waals surface area contributed by atoms with Gasteiger partial charge in [0.25, 0.3) is 5.91 Å². The molecular weight excluding hydrogens is 278 g/mol. The molecule has 116 valence electrons. The Morgan fingerprint density at radius 1 is 1.23 bits per heavy atom. The molecule has 1 amide bonds. The Morgan fingerprint density at radius 3 is 2.68 bits per heavy atom. The summed E-state index contributed by atoms with van der Waals surface area (Å²) < 4.78 is 1.88. The third-order valence-electron chi connectivity index (χ3n) is 4.20. The fourth-order valence-corrected chi connectivity index (χ4v) is 2.90. The SMILES string of the molecule is Cc1ccc(C(=O)NCc2nnnn2C2CCCCC2)cc1. The first-order valence-corrected chi connectivity index (χ1v) is 7.85. The summed E-state index contributed by atoms with van der Waals surface area (Å²) in [6.45, 7) is 2.36. The van der Waals surface area contributed by atoms with Gasteiger partial charge in [-0.1, -0.05) is 37.0 Å². The van der Waals surface area contributed by atoms with E-state index in [1.165, 1.54) is 19.3 Å². The second-order valence-corrected chi connectivity index (χ2v) is 5.88. The maximum atomic E-state index is 12.1. The number of amides is 1. The van der Waals surface area contributed by atoms with E-state index in [4.69, 9.17) is 0 Å². The first kappa shape index (κ1) is 14.7. The molecule has 1 N–H and O–H groups in total. The van der Waals surface area contributed by atoms with E-state index in [1.54, 1.807) is 0 Å². The highest BCUT2D eigenvalue weighted by Crippen LogP contribution is 2.27. The topological polar surface area (TPSA) is 72.7 Å². The van der Waals surface area contributed by atoms with Crippen LogP contribution in [0.2, 0.25) is 0 Å². The number of tetrazole rings is 1. The lowest BCUT2D eigenvalue weighted by atomic mass is 9.95. The zero-order valence-electron chi connectivity index (χ0n) is 12.8. The van der Waals surface area contributed by atoms with Crippen LogP contribution in [0.5, 0.6) is 0 Å². The minimum absolute atomic E-state index is 0.0989. The molecule has 1 saturated carbocycles. The quantitative estimate of drug-likeness (QED) is 0.941. The van der Waals surface area contributed by atoms with E-state index >= 15 is 0 Å². The summed E-state index contributed by atoms with van der Waals surface area (Å²) >= 11 is 0. The second-order valence-electron chi connectivity index (χ2n) is 5.88. The van der Waals surface area contributed by atoms with E-state index < -0.39 is 0 Å². The molecule has 3 rings (SSSR count). The van der Waals surface area contributed by atoms with Crippen LogP contribution in [0.3, 0.4) is 0 Å². The molecule has 0 bridgehead atoms. The lowest BCUT2D eigenvalue weighted by Gasteiger charge is -2.22. The first-order chi connectivity index (χ1) is 10.7. The number of hydrogen-bond acceptors (Lipinski definition) is 4. The molecule has 0 spiro atoms. The van der Waals surface area contributed by atoms with Crippen LogP contribution in [0.25, 0.3) is 0 Å². The zero-order valence-corrected chi connectivity index (χ0v) is 12.8. The Bertz CT molecular complexity index is 628. The second kappa shape index (κ2) is 6.68. The van der Waals surface area contributed by atoms with Gasteiger partial charge in [-0.15, -0.1) is 5.10 Å². The minimum Gasteiger partial charge on any atom is -0.345 e. The van der Waals surface area contributed by atoms with Crippen molar-refractivity contribution >= 4 is 5.91 Å². The number of carbonyl (C=O) groups excluding carboxylic acids is 1. The predicted molar refractivity (Wildman–Crippen MR) is 82.3 cm³/mol. The van der Waals surface area contributed by atoms with Gasteiger partial charge < -0.3 is 5.32 Å². The van der Waals surface area contributed by atoms with Gasteiger partial charge in [-0.3, -0.25) is 4.79 Å². The number of benzene rings is 1. The number of hydrogen-bond donors (Lipinski definition) is 1. The molecule has 0 atom stereocenters. The number of nitrogens with zero attached hydrogens (tertiary/aromatic N) is 4. The Balaban J connectivity index is 1.63. The summed E-state index contributed by atoms with van der Waals surface area (Å²) in [6, 6.07) is 7.89. The van der Waals surface area contributed by atoms with Gasteiger partial charge in [0.15, 0.2) is 5.82 Å². The normalized spacial score (nSPS) is 15.7. The van der Waals surface area contributed by atoms with Crippen molar-refractivity contribution in [1.82, 2.24) is 25.5 Å². The van der Waals surface area contributed by atoms with Crippen LogP contribution in [0, 0.1) is 6.92 Å². The van der Waals surface area contributed by atoms with E-state index in [2.05, 4.69) is 20.8 Å². The summed E-state index contributed by atoms with van der Waals surface area (Å²) in [5, 5.41) is 14.8. The maximum absolute atomic E-state index is 12.1. The van der Waals surface area contributed by atoms with Crippen molar-refractivity contribution < 1.29 is 4.79 Å². The monoisotopic (exact) mass is 299 g/mol. The number of aromatic nitrogens is 4. The molecule has 6 heteroatoms. The van der Waals surface area contributed by atoms with E-state index in [-0.39, 0.29) is 5.91 Å². The van der Waals surface area contributed by atoms with Crippen LogP contribution in [0.1, 0.15) is 59.9 Å². The van der Waals surface area contributed by atoms with Crippen molar-refractivity contribution in [2.75, 3.05) is 0 Å². The Hall–Kier alpha value is -2.24. The molecule has 1 aromatic heterocycles. The number of carbonyl (C=O) groups is 1. The predicted octanol–water partition coefficient (Wildman–Crippen LogP) is 2.42. The lowest BCUT2D eigenvalue weighted by Crippen LogP contribution is -2.26. The highest BCUT2D eigenvalue weighted by atomic mass is 16.1. The van der Waals surface area contributed by atoms with Crippen LogP contribution in [0.15, 0.2) is 24.3 Å². The fourth-order valence-electron chi connectivity index (χ4n) is 2.90. The van der Waals surface area contributed by atoms with Gasteiger partial charge in [-0.25, -0.2) is 4.68 Å². The number of aryl methyl sites for hydroxylation is 1. The fraction of sp³-hybridized carbons (Fsp3) is 0.500. The molecule has 22 heavy (non-hydrogen) atoms. The van der Waals surface area contributed by atoms with Crippen LogP contribution >= 0.6 is 0 Å². The summed E-state index contributed by atoms with van der Waals surface area (Å²) in [5.74, 6) is 0.630. The molecule has 0 unspecified atom stereocenters. The van der Waals surface area contributed by atoms with Crippen LogP contribution in [-0.2, 0) is 6.54 Å². The molecule has 0 saturated heterocycles. The molecule has 1 aliphatic carbocycles. The summed E-state index contributed by atoms with van der Waals surface area (Å²) in [6.07, 6.45) is 5.96. The lowest BCUT2D eigenvalue weighted by molar-refractivity contribution is 0.0949. The van der Waals surface area contributed by atoms with Gasteiger partial charge >= 0.3 is 0 Å². The molecule has 0 radical (unpaired) electrons. The average molecular weight is 299 g/mol. The maximum Gasteiger partial charge on any atom is 0.251 e. The zero-order chi connectivity index (χ0) is 15.4. The number of nitrogens with one attached hydrogen (secondary N) is 1. The van der Waals surface area contributed by atoms with Crippen molar-refractivity contribution in [2.45, 2.75) is 51.6 Å². The molecule has 1 aromatic carbocycles. The molecule has 1 heterocycles. The average Bonchev–Trinajstić information content (AvgIpc) is 3.02. The van der Waals surface area contributed by atoms with E-state index in [1.807, 2.05) is 35.9 Å². The van der Waals surface area contributed by atoms with Crippen molar-refractivity contribution in [2.24, 2.45) is 0 Å². The molecule has 1 fully saturated rings. The molecule has 0 aliphatic heterocycles. The van der Waals surface area contributed by atoms with Crippen molar-refractivity contribution in [3.05, 3.63) is 41.2 Å². The first-order valence-electron chi connectivity index (χ1n) is 7.85. The van der Waals surface area contributed by atoms with Gasteiger partial charge in [0.05, 0.1) is 12.6 Å². The largest absolute Gasteiger partial charge is 0.345 e. The van der Waals surface area contributed by atoms with Crippen LogP contribution in [-0.4, -0.2) is 26.1 Å². The molecule has 6 nitrogen and oxygen atoms in total. The standard InChI is InChI=1S/C16H21N5O/c1-12-7-9-13(10-8-12)16(22)17-11-15-18-19-20-21(15)14-5-3-2-4-6-14/h7-10,14H,2-6,11H2,1H3,(H,17,22). The summed E-state index contributed by atoms with van der Waals surface area (Å²) in [4.78, 5) is 12.1. The highest BCUT2D eigenvalue weighted by Gasteiger charge is 2.20. The third kappa shape index (κ3) is 3.32. The van der Waals surface area contributed by atoms with Crippen LogP contribution < -0.4 is 5.32 Å². The third-order valence-corrected chi connectivity index (χ3v) is 4.20. The number of rotatable bonds is 4. The van der Waals surface area contributed by atoms with Crippen LogP contribution in [0.4, 0.5) is 0 Å². The van der Waals surface area contributed by atoms with Gasteiger partial charge in [0.2, 0.25) is 0 Å².